The molecule has 2 aromatic carbocycles. The molecule has 0 spiro atoms. The summed E-state index contributed by atoms with van der Waals surface area (Å²) in [4.78, 5) is 12.3. The molecular weight excluding hydrogens is 297 g/mol. The van der Waals surface area contributed by atoms with E-state index in [2.05, 4.69) is 5.32 Å². The third-order valence-electron chi connectivity index (χ3n) is 4.20. The van der Waals surface area contributed by atoms with Gasteiger partial charge in [0, 0.05) is 5.92 Å². The van der Waals surface area contributed by atoms with Crippen LogP contribution in [0.1, 0.15) is 29.5 Å². The van der Waals surface area contributed by atoms with E-state index in [4.69, 9.17) is 0 Å². The number of benzene rings is 2. The highest BCUT2D eigenvalue weighted by Gasteiger charge is 2.44. The molecule has 3 rings (SSSR count). The van der Waals surface area contributed by atoms with Gasteiger partial charge in [-0.15, -0.1) is 0 Å². The number of phenolic OH excluding ortho intramolecular Hbond substituents is 1. The van der Waals surface area contributed by atoms with Crippen molar-refractivity contribution in [1.82, 2.24) is 5.32 Å². The average molecular weight is 315 g/mol. The van der Waals surface area contributed by atoms with E-state index in [1.165, 1.54) is 24.3 Å². The second kappa shape index (κ2) is 6.38. The molecule has 1 fully saturated rings. The summed E-state index contributed by atoms with van der Waals surface area (Å²) in [6.07, 6.45) is 0.684. The lowest BCUT2D eigenvalue weighted by Crippen LogP contribution is -2.32. The molecule has 4 nitrogen and oxygen atoms in total. The number of aliphatic hydroxyl groups excluding tert-OH is 1. The molecule has 5 heteroatoms. The summed E-state index contributed by atoms with van der Waals surface area (Å²) in [7, 11) is 0. The summed E-state index contributed by atoms with van der Waals surface area (Å²) in [5.41, 5.74) is 1.55. The number of amides is 1. The molecule has 3 unspecified atom stereocenters. The summed E-state index contributed by atoms with van der Waals surface area (Å²) in [5, 5.41) is 21.6. The van der Waals surface area contributed by atoms with E-state index in [0.717, 1.165) is 11.1 Å². The first-order chi connectivity index (χ1) is 11.1. The number of carbonyl (C=O) groups is 1. The van der Waals surface area contributed by atoms with Crippen LogP contribution in [0.15, 0.2) is 48.5 Å². The first-order valence-electron chi connectivity index (χ1n) is 7.54. The number of rotatable bonds is 5. The van der Waals surface area contributed by atoms with Crippen molar-refractivity contribution in [2.24, 2.45) is 5.92 Å². The normalized spacial score (nSPS) is 20.8. The van der Waals surface area contributed by atoms with E-state index in [-0.39, 0.29) is 35.9 Å². The number of hydrogen-bond donors (Lipinski definition) is 3. The van der Waals surface area contributed by atoms with Crippen LogP contribution in [0.2, 0.25) is 0 Å². The van der Waals surface area contributed by atoms with Gasteiger partial charge in [0.15, 0.2) is 0 Å². The maximum Gasteiger partial charge on any atom is 0.224 e. The summed E-state index contributed by atoms with van der Waals surface area (Å²) in [6.45, 7) is -0.228. The molecular formula is C18H18FNO3. The van der Waals surface area contributed by atoms with Gasteiger partial charge in [-0.05, 0) is 47.7 Å². The Morgan fingerprint density at radius 1 is 1.26 bits per heavy atom. The van der Waals surface area contributed by atoms with Gasteiger partial charge in [-0.2, -0.15) is 0 Å². The zero-order valence-electron chi connectivity index (χ0n) is 12.4. The van der Waals surface area contributed by atoms with Crippen LogP contribution in [0.3, 0.4) is 0 Å². The first-order valence-corrected chi connectivity index (χ1v) is 7.54. The van der Waals surface area contributed by atoms with Gasteiger partial charge in [0.25, 0.3) is 0 Å². The highest BCUT2D eigenvalue weighted by molar-refractivity contribution is 5.83. The van der Waals surface area contributed by atoms with Crippen molar-refractivity contribution < 1.29 is 19.4 Å². The molecule has 0 radical (unpaired) electrons. The molecule has 3 atom stereocenters. The predicted octanol–water partition coefficient (Wildman–Crippen LogP) is 2.48. The van der Waals surface area contributed by atoms with Gasteiger partial charge in [0.2, 0.25) is 5.91 Å². The Bertz CT molecular complexity index is 702. The van der Waals surface area contributed by atoms with E-state index in [1.54, 1.807) is 18.2 Å². The van der Waals surface area contributed by atoms with Gasteiger partial charge in [0.1, 0.15) is 11.6 Å². The number of hydrogen-bond acceptors (Lipinski definition) is 3. The minimum atomic E-state index is -0.517. The van der Waals surface area contributed by atoms with Gasteiger partial charge in [-0.3, -0.25) is 4.79 Å². The van der Waals surface area contributed by atoms with Crippen LogP contribution in [0.4, 0.5) is 4.39 Å². The van der Waals surface area contributed by atoms with Crippen LogP contribution in [-0.4, -0.2) is 22.7 Å². The highest BCUT2D eigenvalue weighted by atomic mass is 19.1. The van der Waals surface area contributed by atoms with Gasteiger partial charge < -0.3 is 15.5 Å². The lowest BCUT2D eigenvalue weighted by Gasteiger charge is -2.17. The summed E-state index contributed by atoms with van der Waals surface area (Å²) >= 11 is 0. The molecule has 0 aromatic heterocycles. The maximum atomic E-state index is 13.2. The number of carbonyl (C=O) groups excluding carboxylic acids is 1. The van der Waals surface area contributed by atoms with Crippen LogP contribution in [0.25, 0.3) is 0 Å². The molecule has 3 N–H and O–H groups in total. The quantitative estimate of drug-likeness (QED) is 0.794. The third-order valence-corrected chi connectivity index (χ3v) is 4.20. The fourth-order valence-electron chi connectivity index (χ4n) is 2.81. The summed E-state index contributed by atoms with van der Waals surface area (Å²) in [6, 6.07) is 12.1. The van der Waals surface area contributed by atoms with Gasteiger partial charge in [-0.25, -0.2) is 4.39 Å². The van der Waals surface area contributed by atoms with Crippen LogP contribution < -0.4 is 5.32 Å². The third kappa shape index (κ3) is 3.51. The Morgan fingerprint density at radius 3 is 2.65 bits per heavy atom. The van der Waals surface area contributed by atoms with E-state index in [0.29, 0.717) is 6.42 Å². The molecule has 0 heterocycles. The topological polar surface area (TPSA) is 69.6 Å². The van der Waals surface area contributed by atoms with Crippen molar-refractivity contribution in [1.29, 1.82) is 0 Å². The molecule has 0 bridgehead atoms. The molecule has 2 aromatic rings. The molecule has 0 aliphatic heterocycles. The first kappa shape index (κ1) is 15.5. The van der Waals surface area contributed by atoms with E-state index >= 15 is 0 Å². The number of aliphatic hydroxyl groups is 1. The molecule has 1 saturated carbocycles. The Labute approximate surface area is 133 Å². The van der Waals surface area contributed by atoms with Crippen LogP contribution >= 0.6 is 0 Å². The minimum Gasteiger partial charge on any atom is -0.508 e. The standard InChI is InChI=1S/C18H18FNO3/c19-13-3-1-2-12(8-13)15-9-16(15)18(23)20-17(10-21)11-4-6-14(22)7-5-11/h1-8,15-17,21-22H,9-10H2,(H,20,23). The molecule has 120 valence electrons. The molecule has 1 aliphatic rings. The van der Waals surface area contributed by atoms with Crippen LogP contribution in [-0.2, 0) is 4.79 Å². The van der Waals surface area contributed by atoms with Crippen molar-refractivity contribution in [3.63, 3.8) is 0 Å². The lowest BCUT2D eigenvalue weighted by molar-refractivity contribution is -0.123. The van der Waals surface area contributed by atoms with Crippen LogP contribution in [0.5, 0.6) is 5.75 Å². The fraction of sp³-hybridized carbons (Fsp3) is 0.278. The number of aromatic hydroxyl groups is 1. The second-order valence-corrected chi connectivity index (χ2v) is 5.84. The SMILES string of the molecule is O=C(NC(CO)c1ccc(O)cc1)C1CC1c1cccc(F)c1. The average Bonchev–Trinajstić information content (AvgIpc) is 3.34. The van der Waals surface area contributed by atoms with Crippen molar-refractivity contribution >= 4 is 5.91 Å². The van der Waals surface area contributed by atoms with E-state index in [9.17, 15) is 19.4 Å². The van der Waals surface area contributed by atoms with Crippen molar-refractivity contribution in [2.75, 3.05) is 6.61 Å². The zero-order valence-corrected chi connectivity index (χ0v) is 12.4. The molecule has 0 saturated heterocycles. The smallest absolute Gasteiger partial charge is 0.224 e. The Balaban J connectivity index is 1.64. The monoisotopic (exact) mass is 315 g/mol. The number of nitrogens with one attached hydrogen (secondary N) is 1. The zero-order chi connectivity index (χ0) is 16.4. The maximum absolute atomic E-state index is 13.2. The largest absolute Gasteiger partial charge is 0.508 e. The van der Waals surface area contributed by atoms with Gasteiger partial charge in [0.05, 0.1) is 12.6 Å². The molecule has 23 heavy (non-hydrogen) atoms. The fourth-order valence-corrected chi connectivity index (χ4v) is 2.81. The van der Waals surface area contributed by atoms with E-state index in [1.807, 2.05) is 6.07 Å². The lowest BCUT2D eigenvalue weighted by atomic mass is 10.1. The van der Waals surface area contributed by atoms with Gasteiger partial charge in [-0.1, -0.05) is 24.3 Å². The van der Waals surface area contributed by atoms with Crippen molar-refractivity contribution in [3.8, 4) is 5.75 Å². The minimum absolute atomic E-state index is 0.0323. The van der Waals surface area contributed by atoms with Gasteiger partial charge >= 0.3 is 0 Å². The van der Waals surface area contributed by atoms with Crippen molar-refractivity contribution in [3.05, 3.63) is 65.5 Å². The summed E-state index contributed by atoms with van der Waals surface area (Å²) < 4.78 is 13.2. The molecule has 1 aliphatic carbocycles. The Hall–Kier alpha value is -2.40. The highest BCUT2D eigenvalue weighted by Crippen LogP contribution is 2.47. The Kier molecular flexibility index (Phi) is 4.30. The number of halogens is 1. The van der Waals surface area contributed by atoms with E-state index < -0.39 is 6.04 Å². The second-order valence-electron chi connectivity index (χ2n) is 5.84. The molecule has 1 amide bonds. The van der Waals surface area contributed by atoms with Crippen molar-refractivity contribution in [2.45, 2.75) is 18.4 Å². The summed E-state index contributed by atoms with van der Waals surface area (Å²) in [5.74, 6) is -0.477. The number of phenols is 1. The van der Waals surface area contributed by atoms with Crippen LogP contribution in [0, 0.1) is 11.7 Å². The predicted molar refractivity (Wildman–Crippen MR) is 83.3 cm³/mol. The Morgan fingerprint density at radius 2 is 2.00 bits per heavy atom.